The van der Waals surface area contributed by atoms with E-state index in [-0.39, 0.29) is 22.5 Å². The molecule has 0 saturated carbocycles. The summed E-state index contributed by atoms with van der Waals surface area (Å²) < 4.78 is 29.3. The lowest BCUT2D eigenvalue weighted by atomic mass is 10.2. The minimum Gasteiger partial charge on any atom is -0.312 e. The van der Waals surface area contributed by atoms with Gasteiger partial charge in [-0.1, -0.05) is 23.9 Å². The molecule has 0 aliphatic carbocycles. The van der Waals surface area contributed by atoms with E-state index in [9.17, 15) is 18.4 Å². The zero-order chi connectivity index (χ0) is 22.8. The van der Waals surface area contributed by atoms with Crippen molar-refractivity contribution in [3.05, 3.63) is 81.5 Å². The van der Waals surface area contributed by atoms with Gasteiger partial charge in [0.2, 0.25) is 5.91 Å². The van der Waals surface area contributed by atoms with Crippen molar-refractivity contribution in [2.24, 2.45) is 0 Å². The van der Waals surface area contributed by atoms with Crippen LogP contribution >= 0.6 is 23.1 Å². The number of halogens is 2. The maximum absolute atomic E-state index is 13.9. The molecule has 4 aromatic rings. The second-order valence-electron chi connectivity index (χ2n) is 7.06. The second-order valence-corrected chi connectivity index (χ2v) is 8.92. The summed E-state index contributed by atoms with van der Waals surface area (Å²) in [4.78, 5) is 32.2. The first kappa shape index (κ1) is 22.2. The van der Waals surface area contributed by atoms with Crippen LogP contribution in [0.3, 0.4) is 0 Å². The summed E-state index contributed by atoms with van der Waals surface area (Å²) in [7, 11) is 0. The molecular weight excluding hydrogens is 452 g/mol. The zero-order valence-corrected chi connectivity index (χ0v) is 19.0. The molecule has 0 N–H and O–H groups in total. The summed E-state index contributed by atoms with van der Waals surface area (Å²) in [5.41, 5.74) is 1.89. The maximum atomic E-state index is 13.9. The molecule has 5 nitrogen and oxygen atoms in total. The van der Waals surface area contributed by atoms with Gasteiger partial charge in [0.25, 0.3) is 5.56 Å². The number of thiophene rings is 1. The Morgan fingerprint density at radius 3 is 2.59 bits per heavy atom. The molecule has 0 aliphatic heterocycles. The third-order valence-corrected chi connectivity index (χ3v) is 6.63. The fourth-order valence-corrected chi connectivity index (χ4v) is 5.04. The Morgan fingerprint density at radius 1 is 1.16 bits per heavy atom. The van der Waals surface area contributed by atoms with E-state index in [1.54, 1.807) is 16.3 Å². The molecule has 0 atom stereocenters. The Kier molecular flexibility index (Phi) is 6.38. The number of nitrogens with zero attached hydrogens (tertiary/aromatic N) is 3. The molecule has 0 spiro atoms. The highest BCUT2D eigenvalue weighted by Crippen LogP contribution is 2.25. The lowest BCUT2D eigenvalue weighted by Gasteiger charge is -2.21. The van der Waals surface area contributed by atoms with Crippen LogP contribution in [-0.4, -0.2) is 27.8 Å². The van der Waals surface area contributed by atoms with Crippen molar-refractivity contribution < 1.29 is 13.6 Å². The Balaban J connectivity index is 1.71. The van der Waals surface area contributed by atoms with E-state index < -0.39 is 17.2 Å². The number of amides is 1. The van der Waals surface area contributed by atoms with Gasteiger partial charge in [-0.3, -0.25) is 14.2 Å². The largest absolute Gasteiger partial charge is 0.312 e. The molecule has 0 unspecified atom stereocenters. The monoisotopic (exact) mass is 471 g/mol. The molecule has 0 radical (unpaired) electrons. The summed E-state index contributed by atoms with van der Waals surface area (Å²) in [6.07, 6.45) is 0. The molecule has 4 rings (SSSR count). The highest BCUT2D eigenvalue weighted by molar-refractivity contribution is 7.99. The molecule has 9 heteroatoms. The van der Waals surface area contributed by atoms with Crippen LogP contribution < -0.4 is 10.5 Å². The quantitative estimate of drug-likeness (QED) is 0.287. The van der Waals surface area contributed by atoms with Gasteiger partial charge in [0.1, 0.15) is 16.3 Å². The van der Waals surface area contributed by atoms with Gasteiger partial charge in [-0.15, -0.1) is 11.3 Å². The standard InChI is InChI=1S/C23H19F2N3O2S2/c1-3-27(17-6-4-5-14(2)9-17)20(29)13-32-23-26-19-7-8-31-21(19)22(30)28(23)18-11-15(24)10-16(25)12-18/h4-12H,3,13H2,1-2H3. The maximum Gasteiger partial charge on any atom is 0.276 e. The third-order valence-electron chi connectivity index (χ3n) is 4.81. The lowest BCUT2D eigenvalue weighted by Crippen LogP contribution is -2.32. The number of carbonyl (C=O) groups is 1. The molecule has 164 valence electrons. The SMILES string of the molecule is CCN(C(=O)CSc1nc2ccsc2c(=O)n1-c1cc(F)cc(F)c1)c1cccc(C)c1. The number of aromatic nitrogens is 2. The lowest BCUT2D eigenvalue weighted by molar-refractivity contribution is -0.116. The van der Waals surface area contributed by atoms with Crippen LogP contribution in [0.2, 0.25) is 0 Å². The van der Waals surface area contributed by atoms with Crippen LogP contribution in [-0.2, 0) is 4.79 Å². The first-order chi connectivity index (χ1) is 15.4. The van der Waals surface area contributed by atoms with E-state index in [1.807, 2.05) is 38.1 Å². The van der Waals surface area contributed by atoms with Crippen molar-refractivity contribution in [2.75, 3.05) is 17.2 Å². The number of fused-ring (bicyclic) bond motifs is 1. The van der Waals surface area contributed by atoms with Gasteiger partial charge in [0.15, 0.2) is 5.16 Å². The van der Waals surface area contributed by atoms with Crippen molar-refractivity contribution in [1.29, 1.82) is 0 Å². The number of aryl methyl sites for hydroxylation is 1. The van der Waals surface area contributed by atoms with Gasteiger partial charge in [-0.05, 0) is 55.1 Å². The van der Waals surface area contributed by atoms with Crippen molar-refractivity contribution in [1.82, 2.24) is 9.55 Å². The van der Waals surface area contributed by atoms with E-state index in [2.05, 4.69) is 4.98 Å². The van der Waals surface area contributed by atoms with Gasteiger partial charge in [0.05, 0.1) is 17.0 Å². The molecular formula is C23H19F2N3O2S2. The van der Waals surface area contributed by atoms with Gasteiger partial charge < -0.3 is 4.90 Å². The number of thioether (sulfide) groups is 1. The zero-order valence-electron chi connectivity index (χ0n) is 17.3. The van der Waals surface area contributed by atoms with Crippen molar-refractivity contribution >= 4 is 44.9 Å². The Bertz CT molecular complexity index is 1350. The van der Waals surface area contributed by atoms with Crippen LogP contribution in [0.25, 0.3) is 15.9 Å². The van der Waals surface area contributed by atoms with E-state index in [0.717, 1.165) is 45.8 Å². The van der Waals surface area contributed by atoms with Crippen LogP contribution in [0.4, 0.5) is 14.5 Å². The highest BCUT2D eigenvalue weighted by Gasteiger charge is 2.19. The van der Waals surface area contributed by atoms with Crippen molar-refractivity contribution in [3.63, 3.8) is 0 Å². The average molecular weight is 472 g/mol. The van der Waals surface area contributed by atoms with E-state index >= 15 is 0 Å². The van der Waals surface area contributed by atoms with E-state index in [1.165, 1.54) is 11.3 Å². The van der Waals surface area contributed by atoms with Gasteiger partial charge >= 0.3 is 0 Å². The highest BCUT2D eigenvalue weighted by atomic mass is 32.2. The average Bonchev–Trinajstić information content (AvgIpc) is 3.21. The molecule has 2 aromatic carbocycles. The van der Waals surface area contributed by atoms with Crippen LogP contribution in [0.15, 0.2) is 63.9 Å². The summed E-state index contributed by atoms with van der Waals surface area (Å²) in [6.45, 7) is 4.31. The first-order valence-electron chi connectivity index (χ1n) is 9.84. The number of carbonyl (C=O) groups excluding carboxylic acids is 1. The number of hydrogen-bond acceptors (Lipinski definition) is 5. The Morgan fingerprint density at radius 2 is 1.91 bits per heavy atom. The Labute approximate surface area is 191 Å². The third kappa shape index (κ3) is 4.44. The predicted molar refractivity (Wildman–Crippen MR) is 125 cm³/mol. The topological polar surface area (TPSA) is 55.2 Å². The summed E-state index contributed by atoms with van der Waals surface area (Å²) in [6, 6.07) is 12.2. The molecule has 2 aromatic heterocycles. The molecule has 32 heavy (non-hydrogen) atoms. The van der Waals surface area contributed by atoms with Crippen molar-refractivity contribution in [3.8, 4) is 5.69 Å². The molecule has 1 amide bonds. The number of anilines is 1. The minimum absolute atomic E-state index is 0.00165. The molecule has 0 aliphatic rings. The van der Waals surface area contributed by atoms with Gasteiger partial charge in [-0.25, -0.2) is 13.8 Å². The van der Waals surface area contributed by atoms with Gasteiger partial charge in [-0.2, -0.15) is 0 Å². The Hall–Kier alpha value is -3.04. The first-order valence-corrected chi connectivity index (χ1v) is 11.7. The fraction of sp³-hybridized carbons (Fsp3) is 0.174. The molecule has 0 saturated heterocycles. The number of rotatable bonds is 6. The summed E-state index contributed by atoms with van der Waals surface area (Å²) >= 11 is 2.26. The van der Waals surface area contributed by atoms with E-state index in [0.29, 0.717) is 16.8 Å². The number of hydrogen-bond donors (Lipinski definition) is 0. The predicted octanol–water partition coefficient (Wildman–Crippen LogP) is 5.18. The van der Waals surface area contributed by atoms with Gasteiger partial charge in [0, 0.05) is 18.3 Å². The van der Waals surface area contributed by atoms with Crippen molar-refractivity contribution in [2.45, 2.75) is 19.0 Å². The smallest absolute Gasteiger partial charge is 0.276 e. The molecule has 0 bridgehead atoms. The summed E-state index contributed by atoms with van der Waals surface area (Å²) in [5.74, 6) is -1.77. The molecule has 0 fully saturated rings. The normalized spacial score (nSPS) is 11.1. The van der Waals surface area contributed by atoms with Crippen LogP contribution in [0, 0.1) is 18.6 Å². The fourth-order valence-electron chi connectivity index (χ4n) is 3.39. The number of benzene rings is 2. The second kappa shape index (κ2) is 9.22. The molecule has 2 heterocycles. The van der Waals surface area contributed by atoms with Crippen LogP contribution in [0.1, 0.15) is 12.5 Å². The minimum atomic E-state index is -0.804. The van der Waals surface area contributed by atoms with Crippen LogP contribution in [0.5, 0.6) is 0 Å². The summed E-state index contributed by atoms with van der Waals surface area (Å²) in [5, 5.41) is 1.92. The van der Waals surface area contributed by atoms with E-state index in [4.69, 9.17) is 0 Å².